The number of primary amides is 1. The molecule has 0 bridgehead atoms. The number of hydrogen-bond acceptors (Lipinski definition) is 4. The molecule has 1 aromatic rings. The summed E-state index contributed by atoms with van der Waals surface area (Å²) in [6.07, 6.45) is 0. The highest BCUT2D eigenvalue weighted by molar-refractivity contribution is 6.01. The predicted molar refractivity (Wildman–Crippen MR) is 78.9 cm³/mol. The molecule has 1 rings (SSSR count). The molecule has 0 aromatic heterocycles. The Kier molecular flexibility index (Phi) is 5.71. The minimum absolute atomic E-state index is 0.0880. The topological polar surface area (TPSA) is 122 Å². The summed E-state index contributed by atoms with van der Waals surface area (Å²) in [6.45, 7) is 4.14. The zero-order valence-electron chi connectivity index (χ0n) is 12.1. The van der Waals surface area contributed by atoms with Crippen LogP contribution in [0.3, 0.4) is 0 Å². The normalized spacial score (nSPS) is 11.5. The summed E-state index contributed by atoms with van der Waals surface area (Å²) in [4.78, 5) is 24.9. The van der Waals surface area contributed by atoms with Crippen molar-refractivity contribution in [2.45, 2.75) is 13.8 Å². The van der Waals surface area contributed by atoms with Crippen LogP contribution in [0.5, 0.6) is 0 Å². The maximum atomic E-state index is 12.5. The van der Waals surface area contributed by atoms with Crippen molar-refractivity contribution in [3.63, 3.8) is 0 Å². The van der Waals surface area contributed by atoms with Crippen LogP contribution in [-0.4, -0.2) is 40.8 Å². The first-order valence-corrected chi connectivity index (χ1v) is 6.50. The number of amides is 2. The van der Waals surface area contributed by atoms with Crippen molar-refractivity contribution in [3.05, 3.63) is 35.4 Å². The van der Waals surface area contributed by atoms with Gasteiger partial charge >= 0.3 is 0 Å². The molecule has 0 fully saturated rings. The van der Waals surface area contributed by atoms with Crippen molar-refractivity contribution in [1.29, 1.82) is 0 Å². The molecule has 0 aliphatic carbocycles. The van der Waals surface area contributed by atoms with Crippen LogP contribution in [0.25, 0.3) is 0 Å². The summed E-state index contributed by atoms with van der Waals surface area (Å²) in [5.74, 6) is -0.790. The number of oxime groups is 1. The average Bonchev–Trinajstić information content (AvgIpc) is 2.44. The van der Waals surface area contributed by atoms with Gasteiger partial charge in [0.2, 0.25) is 5.91 Å². The minimum atomic E-state index is -0.573. The molecule has 0 saturated carbocycles. The third kappa shape index (κ3) is 4.79. The number of rotatable bonds is 6. The van der Waals surface area contributed by atoms with E-state index in [1.54, 1.807) is 18.2 Å². The van der Waals surface area contributed by atoms with E-state index < -0.39 is 5.91 Å². The van der Waals surface area contributed by atoms with Gasteiger partial charge in [-0.25, -0.2) is 0 Å². The third-order valence-electron chi connectivity index (χ3n) is 2.73. The molecule has 0 spiro atoms. The molecule has 1 aromatic carbocycles. The fraction of sp³-hybridized carbons (Fsp3) is 0.357. The van der Waals surface area contributed by atoms with Gasteiger partial charge in [0, 0.05) is 17.7 Å². The van der Waals surface area contributed by atoms with Crippen molar-refractivity contribution in [2.75, 3.05) is 13.1 Å². The van der Waals surface area contributed by atoms with Crippen molar-refractivity contribution in [1.82, 2.24) is 4.90 Å². The molecule has 7 heteroatoms. The zero-order valence-corrected chi connectivity index (χ0v) is 12.1. The molecule has 114 valence electrons. The molecule has 0 atom stereocenters. The van der Waals surface area contributed by atoms with Gasteiger partial charge in [-0.2, -0.15) is 0 Å². The van der Waals surface area contributed by atoms with E-state index in [-0.39, 0.29) is 24.2 Å². The molecular weight excluding hydrogens is 272 g/mol. The lowest BCUT2D eigenvalue weighted by molar-refractivity contribution is -0.118. The summed E-state index contributed by atoms with van der Waals surface area (Å²) < 4.78 is 0. The molecule has 2 amide bonds. The number of benzene rings is 1. The predicted octanol–water partition coefficient (Wildman–Crippen LogP) is 0.365. The zero-order chi connectivity index (χ0) is 16.0. The Labute approximate surface area is 123 Å². The Morgan fingerprint density at radius 1 is 1.29 bits per heavy atom. The lowest BCUT2D eigenvalue weighted by Crippen LogP contribution is -2.40. The molecule has 0 unspecified atom stereocenters. The first kappa shape index (κ1) is 16.5. The van der Waals surface area contributed by atoms with E-state index in [9.17, 15) is 9.59 Å². The first-order valence-electron chi connectivity index (χ1n) is 6.50. The molecule has 5 N–H and O–H groups in total. The average molecular weight is 292 g/mol. The minimum Gasteiger partial charge on any atom is -0.409 e. The van der Waals surface area contributed by atoms with Gasteiger partial charge in [-0.15, -0.1) is 0 Å². The van der Waals surface area contributed by atoms with E-state index in [0.717, 1.165) is 0 Å². The smallest absolute Gasteiger partial charge is 0.254 e. The summed E-state index contributed by atoms with van der Waals surface area (Å²) in [7, 11) is 0. The number of hydrogen-bond donors (Lipinski definition) is 3. The van der Waals surface area contributed by atoms with Crippen LogP contribution in [0.1, 0.15) is 29.8 Å². The second-order valence-electron chi connectivity index (χ2n) is 5.11. The third-order valence-corrected chi connectivity index (χ3v) is 2.73. The Bertz CT molecular complexity index is 555. The van der Waals surface area contributed by atoms with Gasteiger partial charge in [0.1, 0.15) is 0 Å². The lowest BCUT2D eigenvalue weighted by atomic mass is 10.1. The van der Waals surface area contributed by atoms with E-state index >= 15 is 0 Å². The Hall–Kier alpha value is -2.57. The standard InChI is InChI=1S/C14H20N4O3/c1-9(2)7-18(8-12(15)19)14(20)11-5-3-4-10(6-11)13(16)17-21/h3-6,9,21H,7-8H2,1-2H3,(H2,15,19)(H2,16,17). The Morgan fingerprint density at radius 3 is 2.43 bits per heavy atom. The SMILES string of the molecule is CC(C)CN(CC(N)=O)C(=O)c1cccc(C(N)=NO)c1. The molecule has 0 radical (unpaired) electrons. The van der Waals surface area contributed by atoms with Gasteiger partial charge in [-0.1, -0.05) is 31.1 Å². The van der Waals surface area contributed by atoms with Crippen molar-refractivity contribution < 1.29 is 14.8 Å². The van der Waals surface area contributed by atoms with E-state index in [1.165, 1.54) is 11.0 Å². The fourth-order valence-electron chi connectivity index (χ4n) is 1.90. The Balaban J connectivity index is 3.05. The maximum Gasteiger partial charge on any atom is 0.254 e. The van der Waals surface area contributed by atoms with E-state index in [4.69, 9.17) is 16.7 Å². The van der Waals surface area contributed by atoms with Crippen molar-refractivity contribution >= 4 is 17.6 Å². The molecular formula is C14H20N4O3. The lowest BCUT2D eigenvalue weighted by Gasteiger charge is -2.23. The number of carbonyl (C=O) groups excluding carboxylic acids is 2. The number of nitrogens with zero attached hydrogens (tertiary/aromatic N) is 2. The van der Waals surface area contributed by atoms with Crippen LogP contribution in [0.4, 0.5) is 0 Å². The van der Waals surface area contributed by atoms with Gasteiger partial charge in [0.25, 0.3) is 5.91 Å². The molecule has 7 nitrogen and oxygen atoms in total. The highest BCUT2D eigenvalue weighted by Crippen LogP contribution is 2.10. The Morgan fingerprint density at radius 2 is 1.90 bits per heavy atom. The van der Waals surface area contributed by atoms with Gasteiger partial charge in [-0.05, 0) is 18.1 Å². The van der Waals surface area contributed by atoms with Crippen molar-refractivity contribution in [3.8, 4) is 0 Å². The highest BCUT2D eigenvalue weighted by Gasteiger charge is 2.19. The summed E-state index contributed by atoms with van der Waals surface area (Å²) in [5.41, 5.74) is 11.5. The second kappa shape index (κ2) is 7.28. The summed E-state index contributed by atoms with van der Waals surface area (Å²) in [5, 5.41) is 11.6. The van der Waals surface area contributed by atoms with E-state index in [2.05, 4.69) is 5.16 Å². The molecule has 0 aliphatic heterocycles. The van der Waals surface area contributed by atoms with Crippen LogP contribution in [0.15, 0.2) is 29.4 Å². The second-order valence-corrected chi connectivity index (χ2v) is 5.11. The van der Waals surface area contributed by atoms with Crippen LogP contribution in [-0.2, 0) is 4.79 Å². The number of carbonyl (C=O) groups is 2. The largest absolute Gasteiger partial charge is 0.409 e. The van der Waals surface area contributed by atoms with E-state index in [0.29, 0.717) is 17.7 Å². The summed E-state index contributed by atoms with van der Waals surface area (Å²) in [6, 6.07) is 6.35. The van der Waals surface area contributed by atoms with Crippen LogP contribution < -0.4 is 11.5 Å². The van der Waals surface area contributed by atoms with Gasteiger partial charge in [0.15, 0.2) is 5.84 Å². The molecule has 21 heavy (non-hydrogen) atoms. The summed E-state index contributed by atoms with van der Waals surface area (Å²) >= 11 is 0. The van der Waals surface area contributed by atoms with Crippen molar-refractivity contribution in [2.24, 2.45) is 22.5 Å². The molecule has 0 heterocycles. The van der Waals surface area contributed by atoms with Crippen LogP contribution in [0, 0.1) is 5.92 Å². The highest BCUT2D eigenvalue weighted by atomic mass is 16.4. The monoisotopic (exact) mass is 292 g/mol. The number of nitrogens with two attached hydrogens (primary N) is 2. The fourth-order valence-corrected chi connectivity index (χ4v) is 1.90. The molecule has 0 aliphatic rings. The number of amidine groups is 1. The van der Waals surface area contributed by atoms with Crippen LogP contribution in [0.2, 0.25) is 0 Å². The quantitative estimate of drug-likeness (QED) is 0.303. The van der Waals surface area contributed by atoms with E-state index in [1.807, 2.05) is 13.8 Å². The first-order chi connectivity index (χ1) is 9.85. The van der Waals surface area contributed by atoms with Gasteiger partial charge in [0.05, 0.1) is 6.54 Å². The molecule has 0 saturated heterocycles. The van der Waals surface area contributed by atoms with Gasteiger partial charge < -0.3 is 21.6 Å². The maximum absolute atomic E-state index is 12.5. The van der Waals surface area contributed by atoms with Gasteiger partial charge in [-0.3, -0.25) is 9.59 Å². The van der Waals surface area contributed by atoms with Crippen LogP contribution >= 0.6 is 0 Å².